The molecule has 2 aromatic carbocycles. The number of rotatable bonds is 5. The number of nitrogens with one attached hydrogen (secondary N) is 5. The van der Waals surface area contributed by atoms with Gasteiger partial charge in [-0.25, -0.2) is 0 Å². The van der Waals surface area contributed by atoms with E-state index >= 15 is 0 Å². The number of benzene rings is 2. The van der Waals surface area contributed by atoms with Gasteiger partial charge < -0.3 is 26.0 Å². The lowest BCUT2D eigenvalue weighted by Gasteiger charge is -2.43. The lowest BCUT2D eigenvalue weighted by Crippen LogP contribution is -2.72. The van der Waals surface area contributed by atoms with Gasteiger partial charge in [-0.05, 0) is 42.5 Å². The third-order valence-corrected chi connectivity index (χ3v) is 6.11. The molecule has 2 heterocycles. The number of hydrogen-bond donors (Lipinski definition) is 5. The fourth-order valence-electron chi connectivity index (χ4n) is 3.82. The smallest absolute Gasteiger partial charge is 0.229 e. The minimum absolute atomic E-state index is 0.111. The van der Waals surface area contributed by atoms with Crippen molar-refractivity contribution in [3.05, 3.63) is 52.5 Å². The molecule has 0 aliphatic carbocycles. The summed E-state index contributed by atoms with van der Waals surface area (Å²) in [6, 6.07) is 11.8. The zero-order valence-electron chi connectivity index (χ0n) is 16.9. The predicted molar refractivity (Wildman–Crippen MR) is 120 cm³/mol. The van der Waals surface area contributed by atoms with Crippen LogP contribution in [0.4, 0.5) is 11.4 Å². The second kappa shape index (κ2) is 9.23. The summed E-state index contributed by atoms with van der Waals surface area (Å²) in [6.45, 7) is 0. The Morgan fingerprint density at radius 3 is 2.44 bits per heavy atom. The van der Waals surface area contributed by atoms with Gasteiger partial charge in [0.15, 0.2) is 6.29 Å². The molecule has 0 spiro atoms. The summed E-state index contributed by atoms with van der Waals surface area (Å²) in [5.74, 6) is -2.08. The van der Waals surface area contributed by atoms with Gasteiger partial charge in [0.25, 0.3) is 0 Å². The van der Waals surface area contributed by atoms with E-state index in [4.69, 9.17) is 27.9 Å². The van der Waals surface area contributed by atoms with Crippen molar-refractivity contribution in [2.75, 3.05) is 17.7 Å². The minimum Gasteiger partial charge on any atom is -0.497 e. The van der Waals surface area contributed by atoms with Crippen molar-refractivity contribution < 1.29 is 19.1 Å². The van der Waals surface area contributed by atoms with Crippen LogP contribution in [0.2, 0.25) is 10.0 Å². The summed E-state index contributed by atoms with van der Waals surface area (Å²) >= 11 is 11.9. The van der Waals surface area contributed by atoms with Crippen LogP contribution in [0.1, 0.15) is 6.42 Å². The maximum absolute atomic E-state index is 12.9. The monoisotopic (exact) mass is 477 g/mol. The van der Waals surface area contributed by atoms with Crippen LogP contribution in [-0.2, 0) is 14.4 Å². The van der Waals surface area contributed by atoms with Gasteiger partial charge in [-0.15, -0.1) is 0 Å². The first-order chi connectivity index (χ1) is 15.3. The molecule has 32 heavy (non-hydrogen) atoms. The Hall–Kier alpha value is -3.01. The molecule has 0 saturated carbocycles. The van der Waals surface area contributed by atoms with Crippen molar-refractivity contribution in [3.63, 3.8) is 0 Å². The average molecular weight is 478 g/mol. The van der Waals surface area contributed by atoms with Crippen LogP contribution in [0.25, 0.3) is 0 Å². The number of piperidine rings is 1. The molecule has 2 aliphatic heterocycles. The summed E-state index contributed by atoms with van der Waals surface area (Å²) in [4.78, 5) is 38.2. The van der Waals surface area contributed by atoms with Gasteiger partial charge in [0.05, 0.1) is 35.2 Å². The molecule has 9 nitrogen and oxygen atoms in total. The first-order valence-corrected chi connectivity index (χ1v) is 10.6. The van der Waals surface area contributed by atoms with Crippen molar-refractivity contribution >= 4 is 52.3 Å². The zero-order chi connectivity index (χ0) is 22.8. The molecule has 2 fully saturated rings. The molecule has 5 N–H and O–H groups in total. The number of methoxy groups -OCH3 is 1. The van der Waals surface area contributed by atoms with E-state index in [1.54, 1.807) is 43.5 Å². The van der Waals surface area contributed by atoms with E-state index < -0.39 is 30.2 Å². The van der Waals surface area contributed by atoms with E-state index in [0.29, 0.717) is 16.5 Å². The van der Waals surface area contributed by atoms with Crippen molar-refractivity contribution in [1.29, 1.82) is 0 Å². The molecule has 2 saturated heterocycles. The Kier molecular flexibility index (Phi) is 6.40. The summed E-state index contributed by atoms with van der Waals surface area (Å²) in [7, 11) is 1.57. The lowest BCUT2D eigenvalue weighted by atomic mass is 9.81. The SMILES string of the molecule is COc1ccc(NC2NC(=O)C3C(NC(=O)CC3C(=O)Nc3ccc(Cl)c(Cl)c3)N2)cc1. The number of fused-ring (bicyclic) bond motifs is 1. The maximum atomic E-state index is 12.9. The first kappa shape index (κ1) is 22.2. The largest absolute Gasteiger partial charge is 0.497 e. The van der Waals surface area contributed by atoms with Gasteiger partial charge in [0.1, 0.15) is 5.75 Å². The Balaban J connectivity index is 1.46. The van der Waals surface area contributed by atoms with Gasteiger partial charge in [-0.1, -0.05) is 23.2 Å². The molecule has 0 bridgehead atoms. The molecule has 0 radical (unpaired) electrons. The highest BCUT2D eigenvalue weighted by Crippen LogP contribution is 2.30. The molecule has 2 aromatic rings. The Labute approximate surface area is 194 Å². The Bertz CT molecular complexity index is 1050. The first-order valence-electron chi connectivity index (χ1n) is 9.86. The highest BCUT2D eigenvalue weighted by molar-refractivity contribution is 6.42. The highest BCUT2D eigenvalue weighted by Gasteiger charge is 2.48. The summed E-state index contributed by atoms with van der Waals surface area (Å²) in [5.41, 5.74) is 1.16. The Morgan fingerprint density at radius 1 is 1.03 bits per heavy atom. The quantitative estimate of drug-likeness (QED) is 0.449. The van der Waals surface area contributed by atoms with Crippen molar-refractivity contribution in [2.45, 2.75) is 18.9 Å². The van der Waals surface area contributed by atoms with Gasteiger partial charge in [-0.3, -0.25) is 19.7 Å². The van der Waals surface area contributed by atoms with Crippen molar-refractivity contribution in [1.82, 2.24) is 16.0 Å². The fraction of sp³-hybridized carbons (Fsp3) is 0.286. The molecule has 168 valence electrons. The van der Waals surface area contributed by atoms with E-state index in [0.717, 1.165) is 5.69 Å². The Morgan fingerprint density at radius 2 is 1.75 bits per heavy atom. The van der Waals surface area contributed by atoms with E-state index in [1.165, 1.54) is 6.07 Å². The highest BCUT2D eigenvalue weighted by atomic mass is 35.5. The normalized spacial score (nSPS) is 24.6. The zero-order valence-corrected chi connectivity index (χ0v) is 18.5. The van der Waals surface area contributed by atoms with E-state index in [2.05, 4.69) is 26.6 Å². The summed E-state index contributed by atoms with van der Waals surface area (Å²) < 4.78 is 5.14. The second-order valence-electron chi connectivity index (χ2n) is 7.48. The molecule has 4 atom stereocenters. The van der Waals surface area contributed by atoms with Crippen LogP contribution < -0.4 is 31.3 Å². The molecular formula is C21H21Cl2N5O4. The lowest BCUT2D eigenvalue weighted by molar-refractivity contribution is -0.144. The molecular weight excluding hydrogens is 457 g/mol. The second-order valence-corrected chi connectivity index (χ2v) is 8.30. The van der Waals surface area contributed by atoms with E-state index in [-0.39, 0.29) is 23.3 Å². The third-order valence-electron chi connectivity index (χ3n) is 5.37. The van der Waals surface area contributed by atoms with E-state index in [1.807, 2.05) is 0 Å². The molecule has 4 unspecified atom stereocenters. The van der Waals surface area contributed by atoms with Gasteiger partial charge in [0, 0.05) is 17.8 Å². The van der Waals surface area contributed by atoms with Crippen LogP contribution >= 0.6 is 23.2 Å². The number of hydrogen-bond acceptors (Lipinski definition) is 6. The standard InChI is InChI=1S/C21H21Cl2N5O4/c1-32-12-5-2-10(3-6-12)25-21-27-18-17(20(31)28-21)13(9-16(29)26-18)19(30)24-11-4-7-14(22)15(23)8-11/h2-8,13,17-18,21,25,27H,9H2,1H3,(H,24,30)(H,26,29)(H,28,31). The molecule has 0 aromatic heterocycles. The van der Waals surface area contributed by atoms with Crippen LogP contribution in [0.5, 0.6) is 5.75 Å². The number of carbonyl (C=O) groups excluding carboxylic acids is 3. The van der Waals surface area contributed by atoms with Crippen molar-refractivity contribution in [2.24, 2.45) is 11.8 Å². The molecule has 3 amide bonds. The third kappa shape index (κ3) is 4.74. The minimum atomic E-state index is -0.863. The number of ether oxygens (including phenoxy) is 1. The average Bonchev–Trinajstić information content (AvgIpc) is 2.76. The summed E-state index contributed by atoms with van der Waals surface area (Å²) in [5, 5.41) is 15.2. The number of carbonyl (C=O) groups is 3. The number of amides is 3. The van der Waals surface area contributed by atoms with Crippen LogP contribution in [0.3, 0.4) is 0 Å². The topological polar surface area (TPSA) is 121 Å². The van der Waals surface area contributed by atoms with Gasteiger partial charge >= 0.3 is 0 Å². The summed E-state index contributed by atoms with van der Waals surface area (Å²) in [6.07, 6.45) is -1.47. The van der Waals surface area contributed by atoms with Crippen LogP contribution in [-0.4, -0.2) is 37.3 Å². The number of anilines is 2. The number of halogens is 2. The molecule has 4 rings (SSSR count). The molecule has 11 heteroatoms. The van der Waals surface area contributed by atoms with Gasteiger partial charge in [0.2, 0.25) is 17.7 Å². The van der Waals surface area contributed by atoms with E-state index in [9.17, 15) is 14.4 Å². The maximum Gasteiger partial charge on any atom is 0.229 e. The fourth-order valence-corrected chi connectivity index (χ4v) is 4.11. The van der Waals surface area contributed by atoms with Crippen LogP contribution in [0, 0.1) is 11.8 Å². The predicted octanol–water partition coefficient (Wildman–Crippen LogP) is 2.13. The van der Waals surface area contributed by atoms with Gasteiger partial charge in [-0.2, -0.15) is 0 Å². The van der Waals surface area contributed by atoms with Crippen molar-refractivity contribution in [3.8, 4) is 5.75 Å². The molecule has 2 aliphatic rings. The van der Waals surface area contributed by atoms with Crippen LogP contribution in [0.15, 0.2) is 42.5 Å².